The molecular formula is C13H18BrNO3. The second kappa shape index (κ2) is 7.38. The molecule has 1 rings (SSSR count). The molecule has 0 aliphatic rings. The number of anilines is 1. The maximum absolute atomic E-state index is 11.7. The summed E-state index contributed by atoms with van der Waals surface area (Å²) in [5, 5.41) is 2.85. The topological polar surface area (TPSA) is 47.6 Å². The predicted octanol–water partition coefficient (Wildman–Crippen LogP) is 3.13. The van der Waals surface area contributed by atoms with Crippen LogP contribution in [0, 0.1) is 6.92 Å². The maximum atomic E-state index is 11.7. The third-order valence-corrected chi connectivity index (χ3v) is 2.88. The molecule has 0 aliphatic carbocycles. The summed E-state index contributed by atoms with van der Waals surface area (Å²) in [4.78, 5) is 11.7. The van der Waals surface area contributed by atoms with E-state index < -0.39 is 0 Å². The van der Waals surface area contributed by atoms with Gasteiger partial charge in [0.25, 0.3) is 0 Å². The molecule has 0 atom stereocenters. The van der Waals surface area contributed by atoms with Gasteiger partial charge in [0.05, 0.1) is 25.8 Å². The fourth-order valence-corrected chi connectivity index (χ4v) is 2.10. The lowest BCUT2D eigenvalue weighted by molar-refractivity contribution is -0.117. The number of halogens is 1. The largest absolute Gasteiger partial charge is 0.495 e. The summed E-state index contributed by atoms with van der Waals surface area (Å²) in [7, 11) is 1.58. The zero-order valence-electron chi connectivity index (χ0n) is 10.9. The minimum absolute atomic E-state index is 0.0767. The fourth-order valence-electron chi connectivity index (χ4n) is 1.54. The van der Waals surface area contributed by atoms with E-state index in [-0.39, 0.29) is 5.91 Å². The van der Waals surface area contributed by atoms with E-state index in [1.165, 1.54) is 0 Å². The fraction of sp³-hybridized carbons (Fsp3) is 0.462. The van der Waals surface area contributed by atoms with Crippen LogP contribution in [0.15, 0.2) is 16.6 Å². The van der Waals surface area contributed by atoms with Gasteiger partial charge in [0, 0.05) is 11.1 Å². The van der Waals surface area contributed by atoms with Gasteiger partial charge in [-0.2, -0.15) is 0 Å². The summed E-state index contributed by atoms with van der Waals surface area (Å²) < 4.78 is 11.3. The molecule has 0 unspecified atom stereocenters. The molecule has 0 spiro atoms. The van der Waals surface area contributed by atoms with Crippen molar-refractivity contribution in [3.63, 3.8) is 0 Å². The van der Waals surface area contributed by atoms with E-state index >= 15 is 0 Å². The van der Waals surface area contributed by atoms with E-state index in [4.69, 9.17) is 9.47 Å². The molecule has 1 aromatic rings. The summed E-state index contributed by atoms with van der Waals surface area (Å²) in [5.41, 5.74) is 1.66. The lowest BCUT2D eigenvalue weighted by atomic mass is 10.2. The van der Waals surface area contributed by atoms with Gasteiger partial charge in [-0.1, -0.05) is 15.9 Å². The van der Waals surface area contributed by atoms with Crippen molar-refractivity contribution < 1.29 is 14.3 Å². The average molecular weight is 316 g/mol. The van der Waals surface area contributed by atoms with Crippen LogP contribution in [0.4, 0.5) is 5.69 Å². The summed E-state index contributed by atoms with van der Waals surface area (Å²) in [5.74, 6) is 0.568. The molecule has 0 fully saturated rings. The molecule has 1 aromatic carbocycles. The molecule has 1 amide bonds. The van der Waals surface area contributed by atoms with Crippen LogP contribution in [0.5, 0.6) is 5.75 Å². The average Bonchev–Trinajstić information content (AvgIpc) is 2.32. The summed E-state index contributed by atoms with van der Waals surface area (Å²) >= 11 is 3.39. The highest BCUT2D eigenvalue weighted by molar-refractivity contribution is 9.10. The van der Waals surface area contributed by atoms with E-state index in [0.29, 0.717) is 31.1 Å². The van der Waals surface area contributed by atoms with Crippen molar-refractivity contribution in [1.29, 1.82) is 0 Å². The van der Waals surface area contributed by atoms with Gasteiger partial charge in [-0.05, 0) is 31.5 Å². The number of rotatable bonds is 6. The number of ether oxygens (including phenoxy) is 2. The number of carbonyl (C=O) groups is 1. The van der Waals surface area contributed by atoms with Gasteiger partial charge in [0.1, 0.15) is 5.75 Å². The minimum atomic E-state index is -0.0767. The van der Waals surface area contributed by atoms with Gasteiger partial charge in [-0.25, -0.2) is 0 Å². The monoisotopic (exact) mass is 315 g/mol. The van der Waals surface area contributed by atoms with Crippen molar-refractivity contribution in [2.45, 2.75) is 20.3 Å². The van der Waals surface area contributed by atoms with Crippen LogP contribution >= 0.6 is 15.9 Å². The lowest BCUT2D eigenvalue weighted by Crippen LogP contribution is -2.15. The molecule has 4 nitrogen and oxygen atoms in total. The lowest BCUT2D eigenvalue weighted by Gasteiger charge is -2.13. The zero-order chi connectivity index (χ0) is 13.5. The van der Waals surface area contributed by atoms with Crippen molar-refractivity contribution in [3.8, 4) is 5.75 Å². The second-order valence-corrected chi connectivity index (χ2v) is 4.71. The smallest absolute Gasteiger partial charge is 0.226 e. The van der Waals surface area contributed by atoms with Gasteiger partial charge < -0.3 is 14.8 Å². The Morgan fingerprint density at radius 3 is 2.78 bits per heavy atom. The van der Waals surface area contributed by atoms with Crippen LogP contribution < -0.4 is 10.1 Å². The normalized spacial score (nSPS) is 10.2. The predicted molar refractivity (Wildman–Crippen MR) is 75.2 cm³/mol. The van der Waals surface area contributed by atoms with Crippen molar-refractivity contribution in [1.82, 2.24) is 0 Å². The Labute approximate surface area is 116 Å². The van der Waals surface area contributed by atoms with Gasteiger partial charge in [-0.3, -0.25) is 4.79 Å². The first-order chi connectivity index (χ1) is 8.58. The number of methoxy groups -OCH3 is 1. The Morgan fingerprint density at radius 2 is 2.17 bits per heavy atom. The molecule has 0 radical (unpaired) electrons. The van der Waals surface area contributed by atoms with Crippen LogP contribution in [0.3, 0.4) is 0 Å². The van der Waals surface area contributed by atoms with E-state index in [1.807, 2.05) is 26.0 Å². The highest BCUT2D eigenvalue weighted by atomic mass is 79.9. The first-order valence-corrected chi connectivity index (χ1v) is 6.59. The standard InChI is InChI=1S/C13H18BrNO3/c1-4-18-6-5-12(16)15-13-9(2)7-10(14)8-11(13)17-3/h7-8H,4-6H2,1-3H3,(H,15,16). The first kappa shape index (κ1) is 15.0. The molecule has 0 aromatic heterocycles. The van der Waals surface area contributed by atoms with Crippen molar-refractivity contribution in [2.24, 2.45) is 0 Å². The van der Waals surface area contributed by atoms with Gasteiger partial charge in [0.2, 0.25) is 5.91 Å². The maximum Gasteiger partial charge on any atom is 0.226 e. The van der Waals surface area contributed by atoms with Crippen molar-refractivity contribution in [3.05, 3.63) is 22.2 Å². The summed E-state index contributed by atoms with van der Waals surface area (Å²) in [6, 6.07) is 3.76. The Kier molecular flexibility index (Phi) is 6.15. The quantitative estimate of drug-likeness (QED) is 0.820. The van der Waals surface area contributed by atoms with E-state index in [9.17, 15) is 4.79 Å². The Morgan fingerprint density at radius 1 is 1.44 bits per heavy atom. The Balaban J connectivity index is 2.74. The minimum Gasteiger partial charge on any atom is -0.495 e. The van der Waals surface area contributed by atoms with E-state index in [2.05, 4.69) is 21.2 Å². The molecular weight excluding hydrogens is 298 g/mol. The molecule has 0 saturated carbocycles. The molecule has 18 heavy (non-hydrogen) atoms. The SMILES string of the molecule is CCOCCC(=O)Nc1c(C)cc(Br)cc1OC. The first-order valence-electron chi connectivity index (χ1n) is 5.80. The molecule has 0 heterocycles. The molecule has 0 bridgehead atoms. The van der Waals surface area contributed by atoms with Crippen molar-refractivity contribution in [2.75, 3.05) is 25.6 Å². The molecule has 0 saturated heterocycles. The number of amides is 1. The number of nitrogens with one attached hydrogen (secondary N) is 1. The molecule has 100 valence electrons. The highest BCUT2D eigenvalue weighted by Crippen LogP contribution is 2.32. The molecule has 0 aliphatic heterocycles. The molecule has 1 N–H and O–H groups in total. The van der Waals surface area contributed by atoms with Crippen LogP contribution in [-0.4, -0.2) is 26.2 Å². The number of benzene rings is 1. The van der Waals surface area contributed by atoms with Gasteiger partial charge in [-0.15, -0.1) is 0 Å². The number of carbonyl (C=O) groups excluding carboxylic acids is 1. The Hall–Kier alpha value is -1.07. The zero-order valence-corrected chi connectivity index (χ0v) is 12.5. The van der Waals surface area contributed by atoms with E-state index in [0.717, 1.165) is 10.0 Å². The van der Waals surface area contributed by atoms with E-state index in [1.54, 1.807) is 7.11 Å². The number of hydrogen-bond acceptors (Lipinski definition) is 3. The van der Waals surface area contributed by atoms with Crippen LogP contribution in [0.25, 0.3) is 0 Å². The van der Waals surface area contributed by atoms with Crippen LogP contribution in [0.1, 0.15) is 18.9 Å². The van der Waals surface area contributed by atoms with Crippen LogP contribution in [0.2, 0.25) is 0 Å². The van der Waals surface area contributed by atoms with Gasteiger partial charge in [0.15, 0.2) is 0 Å². The van der Waals surface area contributed by atoms with Crippen molar-refractivity contribution >= 4 is 27.5 Å². The van der Waals surface area contributed by atoms with Crippen LogP contribution in [-0.2, 0) is 9.53 Å². The summed E-state index contributed by atoms with van der Waals surface area (Å²) in [6.07, 6.45) is 0.340. The Bertz CT molecular complexity index is 421. The summed E-state index contributed by atoms with van der Waals surface area (Å²) in [6.45, 7) is 4.87. The third-order valence-electron chi connectivity index (χ3n) is 2.43. The highest BCUT2D eigenvalue weighted by Gasteiger charge is 2.11. The number of hydrogen-bond donors (Lipinski definition) is 1. The van der Waals surface area contributed by atoms with Gasteiger partial charge >= 0.3 is 0 Å². The third kappa shape index (κ3) is 4.31. The number of aryl methyl sites for hydroxylation is 1. The second-order valence-electron chi connectivity index (χ2n) is 3.80. The molecule has 5 heteroatoms.